The van der Waals surface area contributed by atoms with E-state index in [0.717, 1.165) is 0 Å². The van der Waals surface area contributed by atoms with Gasteiger partial charge in [0.1, 0.15) is 0 Å². The van der Waals surface area contributed by atoms with Crippen LogP contribution in [0, 0.1) is 53.3 Å². The molecule has 0 amide bonds. The summed E-state index contributed by atoms with van der Waals surface area (Å²) < 4.78 is 42.1. The summed E-state index contributed by atoms with van der Waals surface area (Å²) in [6.07, 6.45) is 3.60. The predicted octanol–water partition coefficient (Wildman–Crippen LogP) is 1.61. The van der Waals surface area contributed by atoms with Gasteiger partial charge in [0.25, 0.3) is 0 Å². The van der Waals surface area contributed by atoms with Gasteiger partial charge in [0, 0.05) is 0 Å². The molecular formula is C36H54O18. The molecule has 3 rings (SSSR count). The van der Waals surface area contributed by atoms with Gasteiger partial charge in [-0.3, -0.25) is 43.2 Å². The summed E-state index contributed by atoms with van der Waals surface area (Å²) in [5.74, 6) is -8.45. The molecule has 3 aliphatic rings. The van der Waals surface area contributed by atoms with Crippen LogP contribution in [-0.4, -0.2) is 118 Å². The third kappa shape index (κ3) is 13.0. The van der Waals surface area contributed by atoms with Crippen LogP contribution in [0.1, 0.15) is 57.8 Å². The highest BCUT2D eigenvalue weighted by Gasteiger charge is 2.45. The number of rotatable bonds is 9. The molecular weight excluding hydrogens is 720 g/mol. The summed E-state index contributed by atoms with van der Waals surface area (Å²) in [5.41, 5.74) is 0. The van der Waals surface area contributed by atoms with Crippen molar-refractivity contribution in [3.05, 3.63) is 0 Å². The van der Waals surface area contributed by atoms with E-state index in [1.807, 2.05) is 0 Å². The first kappa shape index (κ1) is 47.3. The lowest BCUT2D eigenvalue weighted by Gasteiger charge is -2.31. The van der Waals surface area contributed by atoms with Gasteiger partial charge in [0.05, 0.1) is 117 Å². The minimum atomic E-state index is -0.639. The minimum Gasteiger partial charge on any atom is -0.469 e. The molecule has 9 atom stereocenters. The molecule has 0 aromatic rings. The Morgan fingerprint density at radius 2 is 0.426 bits per heavy atom. The van der Waals surface area contributed by atoms with Crippen molar-refractivity contribution in [2.24, 2.45) is 53.3 Å². The molecule has 9 unspecified atom stereocenters. The minimum absolute atomic E-state index is 0.263. The second kappa shape index (κ2) is 23.8. The smallest absolute Gasteiger partial charge is 0.309 e. The summed E-state index contributed by atoms with van der Waals surface area (Å²) in [7, 11) is 11.6. The number of hydrogen-bond donors (Lipinski definition) is 0. The maximum atomic E-state index is 11.7. The van der Waals surface area contributed by atoms with Crippen LogP contribution in [0.2, 0.25) is 0 Å². The average Bonchev–Trinajstić information content (AvgIpc) is 3.23. The first-order valence-electron chi connectivity index (χ1n) is 17.3. The number of ether oxygens (including phenoxy) is 9. The molecule has 54 heavy (non-hydrogen) atoms. The molecule has 3 saturated carbocycles. The van der Waals surface area contributed by atoms with E-state index in [4.69, 9.17) is 0 Å². The first-order valence-corrected chi connectivity index (χ1v) is 17.3. The molecule has 0 bridgehead atoms. The van der Waals surface area contributed by atoms with Crippen LogP contribution in [0.15, 0.2) is 0 Å². The lowest BCUT2D eigenvalue weighted by molar-refractivity contribution is -0.163. The second-order valence-corrected chi connectivity index (χ2v) is 12.9. The van der Waals surface area contributed by atoms with Crippen molar-refractivity contribution in [1.29, 1.82) is 0 Å². The van der Waals surface area contributed by atoms with Crippen molar-refractivity contribution >= 4 is 53.7 Å². The molecule has 0 aliphatic heterocycles. The molecule has 306 valence electrons. The number of esters is 9. The fourth-order valence-corrected chi connectivity index (χ4v) is 7.19. The zero-order valence-electron chi connectivity index (χ0n) is 32.4. The van der Waals surface area contributed by atoms with Gasteiger partial charge < -0.3 is 42.6 Å². The van der Waals surface area contributed by atoms with E-state index < -0.39 is 71.3 Å². The van der Waals surface area contributed by atoms with Gasteiger partial charge in [-0.1, -0.05) is 0 Å². The van der Waals surface area contributed by atoms with Gasteiger partial charge in [-0.05, 0) is 57.8 Å². The lowest BCUT2D eigenvalue weighted by Crippen LogP contribution is -2.39. The van der Waals surface area contributed by atoms with Crippen LogP contribution in [0.4, 0.5) is 0 Å². The number of methoxy groups -OCH3 is 9. The molecule has 0 saturated heterocycles. The Balaban J connectivity index is 0.000000405. The van der Waals surface area contributed by atoms with Crippen molar-refractivity contribution in [2.45, 2.75) is 57.8 Å². The Kier molecular flexibility index (Phi) is 20.8. The summed E-state index contributed by atoms with van der Waals surface area (Å²) in [4.78, 5) is 104. The number of carbonyl (C=O) groups excluding carboxylic acids is 9. The molecule has 3 aliphatic carbocycles. The van der Waals surface area contributed by atoms with Gasteiger partial charge in [-0.2, -0.15) is 0 Å². The van der Waals surface area contributed by atoms with Gasteiger partial charge in [0.15, 0.2) is 0 Å². The second-order valence-electron chi connectivity index (χ2n) is 12.9. The van der Waals surface area contributed by atoms with E-state index in [9.17, 15) is 43.2 Å². The van der Waals surface area contributed by atoms with Crippen LogP contribution in [0.3, 0.4) is 0 Å². The Labute approximate surface area is 314 Å². The number of hydrogen-bond acceptors (Lipinski definition) is 18. The van der Waals surface area contributed by atoms with Crippen molar-refractivity contribution in [3.8, 4) is 0 Å². The van der Waals surface area contributed by atoms with E-state index in [0.29, 0.717) is 38.5 Å². The highest BCUT2D eigenvalue weighted by Crippen LogP contribution is 2.38. The molecule has 0 spiro atoms. The normalized spacial score (nSPS) is 27.2. The first-order chi connectivity index (χ1) is 25.6. The molecule has 3 fully saturated rings. The van der Waals surface area contributed by atoms with E-state index >= 15 is 0 Å². The Morgan fingerprint density at radius 1 is 0.259 bits per heavy atom. The maximum Gasteiger partial charge on any atom is 0.309 e. The quantitative estimate of drug-likeness (QED) is 0.239. The van der Waals surface area contributed by atoms with Crippen molar-refractivity contribution in [1.82, 2.24) is 0 Å². The van der Waals surface area contributed by atoms with E-state index in [-0.39, 0.29) is 54.9 Å². The summed E-state index contributed by atoms with van der Waals surface area (Å²) in [6, 6.07) is 0. The molecule has 18 nitrogen and oxygen atoms in total. The van der Waals surface area contributed by atoms with E-state index in [1.165, 1.54) is 64.0 Å². The summed E-state index contributed by atoms with van der Waals surface area (Å²) in [6.45, 7) is 0. The summed E-state index contributed by atoms with van der Waals surface area (Å²) >= 11 is 0. The van der Waals surface area contributed by atoms with Crippen LogP contribution >= 0.6 is 0 Å². The lowest BCUT2D eigenvalue weighted by atomic mass is 9.74. The highest BCUT2D eigenvalue weighted by atomic mass is 16.6. The molecule has 0 N–H and O–H groups in total. The van der Waals surface area contributed by atoms with Crippen LogP contribution < -0.4 is 0 Å². The topological polar surface area (TPSA) is 237 Å². The highest BCUT2D eigenvalue weighted by molar-refractivity contribution is 5.85. The fraction of sp³-hybridized carbons (Fsp3) is 0.750. The monoisotopic (exact) mass is 774 g/mol. The van der Waals surface area contributed by atoms with Gasteiger partial charge >= 0.3 is 53.7 Å². The molecule has 0 aromatic carbocycles. The molecule has 0 aromatic heterocycles. The van der Waals surface area contributed by atoms with Crippen LogP contribution in [0.25, 0.3) is 0 Å². The molecule has 18 heteroatoms. The standard InChI is InChI=1S/3C12H18O6/c3*1-16-10(13)7-4-5-8(11(14)17-2)9(6-7)12(15)18-3/h3*7-9H,4-6H2,1-3H3. The summed E-state index contributed by atoms with van der Waals surface area (Å²) in [5, 5.41) is 0. The number of carbonyl (C=O) groups is 9. The van der Waals surface area contributed by atoms with E-state index in [1.54, 1.807) is 0 Å². The van der Waals surface area contributed by atoms with Gasteiger partial charge in [-0.25, -0.2) is 0 Å². The maximum absolute atomic E-state index is 11.7. The zero-order chi connectivity index (χ0) is 41.1. The van der Waals surface area contributed by atoms with Crippen molar-refractivity contribution in [2.75, 3.05) is 64.0 Å². The van der Waals surface area contributed by atoms with Crippen molar-refractivity contribution in [3.63, 3.8) is 0 Å². The Hall–Kier alpha value is -4.77. The average molecular weight is 775 g/mol. The zero-order valence-corrected chi connectivity index (χ0v) is 32.4. The van der Waals surface area contributed by atoms with Crippen LogP contribution in [-0.2, 0) is 85.8 Å². The van der Waals surface area contributed by atoms with Gasteiger partial charge in [0.2, 0.25) is 0 Å². The fourth-order valence-electron chi connectivity index (χ4n) is 7.19. The molecule has 0 heterocycles. The van der Waals surface area contributed by atoms with Crippen LogP contribution in [0.5, 0.6) is 0 Å². The molecule has 0 radical (unpaired) electrons. The largest absolute Gasteiger partial charge is 0.469 e. The van der Waals surface area contributed by atoms with E-state index in [2.05, 4.69) is 42.6 Å². The Morgan fingerprint density at radius 3 is 0.593 bits per heavy atom. The third-order valence-corrected chi connectivity index (χ3v) is 10.2. The predicted molar refractivity (Wildman–Crippen MR) is 181 cm³/mol. The third-order valence-electron chi connectivity index (χ3n) is 10.2. The Bertz CT molecular complexity index is 1170. The SMILES string of the molecule is COC(=O)C1CCC(C(=O)OC)C(C(=O)OC)C1.COC(=O)C1CCC(C(=O)OC)C(C(=O)OC)C1.COC(=O)C1CCC(C(=O)OC)C(C(=O)OC)C1. The van der Waals surface area contributed by atoms with Crippen molar-refractivity contribution < 1.29 is 85.8 Å². The van der Waals surface area contributed by atoms with Gasteiger partial charge in [-0.15, -0.1) is 0 Å².